The van der Waals surface area contributed by atoms with Gasteiger partial charge in [-0.15, -0.1) is 0 Å². The van der Waals surface area contributed by atoms with Gasteiger partial charge in [0, 0.05) is 0 Å². The summed E-state index contributed by atoms with van der Waals surface area (Å²) in [4.78, 5) is 2.70. The van der Waals surface area contributed by atoms with E-state index >= 15 is 0 Å². The molecule has 0 N–H and O–H groups in total. The van der Waals surface area contributed by atoms with Gasteiger partial charge in [-0.2, -0.15) is 0 Å². The van der Waals surface area contributed by atoms with Gasteiger partial charge >= 0.3 is 0 Å². The highest BCUT2D eigenvalue weighted by Crippen LogP contribution is 2.06. The van der Waals surface area contributed by atoms with E-state index in [0.717, 1.165) is 0 Å². The van der Waals surface area contributed by atoms with E-state index in [1.807, 2.05) is 0 Å². The molecule has 1 nitrogen and oxygen atoms in total. The summed E-state index contributed by atoms with van der Waals surface area (Å²) in [7, 11) is 0. The lowest BCUT2D eigenvalue weighted by Crippen LogP contribution is -2.27. The fourth-order valence-corrected chi connectivity index (χ4v) is 2.24. The van der Waals surface area contributed by atoms with Crippen LogP contribution in [-0.4, -0.2) is 24.5 Å². The van der Waals surface area contributed by atoms with Crippen LogP contribution in [0.25, 0.3) is 0 Å². The van der Waals surface area contributed by atoms with Crippen molar-refractivity contribution in [3.8, 4) is 0 Å². The van der Waals surface area contributed by atoms with Crippen molar-refractivity contribution in [1.29, 1.82) is 0 Å². The first-order chi connectivity index (χ1) is 8.35. The molecule has 0 unspecified atom stereocenters. The molecule has 0 radical (unpaired) electrons. The molecule has 0 spiro atoms. The molecule has 0 heterocycles. The molecule has 0 aliphatic rings. The number of rotatable bonds is 13. The Hall–Kier alpha value is -0.0400. The number of unbranched alkanes of at least 4 members (excludes halogenated alkanes) is 7. The number of nitrogens with zero attached hydrogens (tertiary/aromatic N) is 1. The quantitative estimate of drug-likeness (QED) is 0.398. The third-order valence-corrected chi connectivity index (χ3v) is 3.48. The van der Waals surface area contributed by atoms with Crippen LogP contribution in [0.4, 0.5) is 0 Å². The molecule has 0 aliphatic carbocycles. The van der Waals surface area contributed by atoms with E-state index in [-0.39, 0.29) is 0 Å². The predicted octanol–water partition coefficient (Wildman–Crippen LogP) is 5.25. The molecular formula is C16H35N. The van der Waals surface area contributed by atoms with Gasteiger partial charge in [-0.05, 0) is 38.9 Å². The van der Waals surface area contributed by atoms with Crippen molar-refractivity contribution >= 4 is 0 Å². The monoisotopic (exact) mass is 241 g/mol. The Labute approximate surface area is 110 Å². The minimum absolute atomic E-state index is 1.33. The van der Waals surface area contributed by atoms with E-state index in [1.54, 1.807) is 0 Å². The van der Waals surface area contributed by atoms with Gasteiger partial charge in [0.2, 0.25) is 0 Å². The maximum absolute atomic E-state index is 2.70. The van der Waals surface area contributed by atoms with Crippen molar-refractivity contribution in [2.24, 2.45) is 0 Å². The lowest BCUT2D eigenvalue weighted by molar-refractivity contribution is 0.257. The maximum atomic E-state index is 2.70. The third kappa shape index (κ3) is 12.2. The Morgan fingerprint density at radius 3 is 1.47 bits per heavy atom. The Kier molecular flexibility index (Phi) is 14.0. The topological polar surface area (TPSA) is 3.24 Å². The van der Waals surface area contributed by atoms with Crippen LogP contribution in [-0.2, 0) is 0 Å². The van der Waals surface area contributed by atoms with E-state index in [9.17, 15) is 0 Å². The fourth-order valence-electron chi connectivity index (χ4n) is 2.24. The van der Waals surface area contributed by atoms with Gasteiger partial charge in [-0.1, -0.05) is 65.7 Å². The highest BCUT2D eigenvalue weighted by molar-refractivity contribution is 4.58. The molecule has 0 saturated carbocycles. The summed E-state index contributed by atoms with van der Waals surface area (Å²) in [6.45, 7) is 10.9. The SMILES string of the molecule is CCCCCCCN(CCCC)CCCCC. The second-order valence-electron chi connectivity index (χ2n) is 5.32. The Bertz CT molecular complexity index is 133. The summed E-state index contributed by atoms with van der Waals surface area (Å²) in [5.74, 6) is 0. The van der Waals surface area contributed by atoms with Crippen LogP contribution in [0.15, 0.2) is 0 Å². The second kappa shape index (κ2) is 14.0. The second-order valence-corrected chi connectivity index (χ2v) is 5.32. The molecule has 1 heteroatoms. The minimum Gasteiger partial charge on any atom is -0.303 e. The van der Waals surface area contributed by atoms with Gasteiger partial charge in [0.25, 0.3) is 0 Å². The molecule has 0 rings (SSSR count). The van der Waals surface area contributed by atoms with Gasteiger partial charge in [-0.3, -0.25) is 0 Å². The van der Waals surface area contributed by atoms with E-state index in [2.05, 4.69) is 25.7 Å². The molecule has 0 fully saturated rings. The molecule has 17 heavy (non-hydrogen) atoms. The first kappa shape index (κ1) is 17.0. The lowest BCUT2D eigenvalue weighted by Gasteiger charge is -2.22. The molecule has 0 aromatic rings. The smallest absolute Gasteiger partial charge is 0.00187 e. The van der Waals surface area contributed by atoms with Gasteiger partial charge in [0.15, 0.2) is 0 Å². The highest BCUT2D eigenvalue weighted by Gasteiger charge is 2.03. The van der Waals surface area contributed by atoms with Crippen molar-refractivity contribution in [1.82, 2.24) is 4.90 Å². The van der Waals surface area contributed by atoms with Gasteiger partial charge in [0.1, 0.15) is 0 Å². The fraction of sp³-hybridized carbons (Fsp3) is 1.00. The van der Waals surface area contributed by atoms with Crippen molar-refractivity contribution < 1.29 is 0 Å². The summed E-state index contributed by atoms with van der Waals surface area (Å²) in [5, 5.41) is 0. The van der Waals surface area contributed by atoms with Crippen LogP contribution in [0.5, 0.6) is 0 Å². The average molecular weight is 241 g/mol. The number of hydrogen-bond donors (Lipinski definition) is 0. The van der Waals surface area contributed by atoms with Crippen LogP contribution >= 0.6 is 0 Å². The average Bonchev–Trinajstić information content (AvgIpc) is 2.35. The van der Waals surface area contributed by atoms with Crippen molar-refractivity contribution in [3.63, 3.8) is 0 Å². The number of hydrogen-bond acceptors (Lipinski definition) is 1. The zero-order valence-electron chi connectivity index (χ0n) is 12.6. The lowest BCUT2D eigenvalue weighted by atomic mass is 10.1. The van der Waals surface area contributed by atoms with Crippen molar-refractivity contribution in [2.45, 2.75) is 85.0 Å². The molecule has 0 aromatic carbocycles. The maximum Gasteiger partial charge on any atom is -0.00187 e. The molecule has 0 amide bonds. The first-order valence-electron chi connectivity index (χ1n) is 8.07. The summed E-state index contributed by atoms with van der Waals surface area (Å²) < 4.78 is 0. The molecule has 0 atom stereocenters. The standard InChI is InChI=1S/C16H35N/c1-4-7-10-11-13-16-17(14-9-6-3)15-12-8-5-2/h4-16H2,1-3H3. The van der Waals surface area contributed by atoms with Crippen LogP contribution < -0.4 is 0 Å². The predicted molar refractivity (Wildman–Crippen MR) is 79.6 cm³/mol. The van der Waals surface area contributed by atoms with Crippen molar-refractivity contribution in [3.05, 3.63) is 0 Å². The van der Waals surface area contributed by atoms with Crippen molar-refractivity contribution in [2.75, 3.05) is 19.6 Å². The molecule has 0 saturated heterocycles. The first-order valence-corrected chi connectivity index (χ1v) is 8.07. The summed E-state index contributed by atoms with van der Waals surface area (Å²) in [5.41, 5.74) is 0. The molecule has 0 aromatic heterocycles. The molecule has 0 aliphatic heterocycles. The summed E-state index contributed by atoms with van der Waals surface area (Å²) >= 11 is 0. The van der Waals surface area contributed by atoms with E-state index in [0.29, 0.717) is 0 Å². The third-order valence-electron chi connectivity index (χ3n) is 3.48. The largest absolute Gasteiger partial charge is 0.303 e. The normalized spacial score (nSPS) is 11.3. The summed E-state index contributed by atoms with van der Waals surface area (Å²) in [6, 6.07) is 0. The Balaban J connectivity index is 3.53. The van der Waals surface area contributed by atoms with Crippen LogP contribution in [0.3, 0.4) is 0 Å². The Morgan fingerprint density at radius 1 is 0.471 bits per heavy atom. The van der Waals surface area contributed by atoms with E-state index in [1.165, 1.54) is 83.8 Å². The van der Waals surface area contributed by atoms with Gasteiger partial charge in [0.05, 0.1) is 0 Å². The molecule has 0 bridgehead atoms. The van der Waals surface area contributed by atoms with Crippen LogP contribution in [0.2, 0.25) is 0 Å². The van der Waals surface area contributed by atoms with E-state index < -0.39 is 0 Å². The van der Waals surface area contributed by atoms with Crippen LogP contribution in [0, 0.1) is 0 Å². The van der Waals surface area contributed by atoms with Crippen LogP contribution in [0.1, 0.15) is 85.0 Å². The zero-order valence-corrected chi connectivity index (χ0v) is 12.6. The zero-order chi connectivity index (χ0) is 12.8. The molecule has 104 valence electrons. The Morgan fingerprint density at radius 2 is 0.882 bits per heavy atom. The van der Waals surface area contributed by atoms with Gasteiger partial charge in [-0.25, -0.2) is 0 Å². The summed E-state index contributed by atoms with van der Waals surface area (Å²) in [6.07, 6.45) is 13.9. The van der Waals surface area contributed by atoms with Gasteiger partial charge < -0.3 is 4.90 Å². The molecular weight excluding hydrogens is 206 g/mol. The highest BCUT2D eigenvalue weighted by atomic mass is 15.1. The van der Waals surface area contributed by atoms with E-state index in [4.69, 9.17) is 0 Å². The minimum atomic E-state index is 1.33.